The molecule has 14 heteroatoms. The number of likely N-dealkylation sites (N-methyl/N-ethyl adjacent to an activating group) is 1. The van der Waals surface area contributed by atoms with E-state index in [1.165, 1.54) is 4.90 Å². The van der Waals surface area contributed by atoms with Gasteiger partial charge in [-0.05, 0) is 111 Å². The van der Waals surface area contributed by atoms with Gasteiger partial charge in [0.25, 0.3) is 11.8 Å². The molecule has 0 saturated heterocycles. The summed E-state index contributed by atoms with van der Waals surface area (Å²) in [6.45, 7) is 9.91. The fourth-order valence-electron chi connectivity index (χ4n) is 6.51. The number of carbonyl (C=O) groups is 3. The number of pyridine rings is 1. The summed E-state index contributed by atoms with van der Waals surface area (Å²) in [7, 11) is 0. The molecule has 1 aliphatic rings. The first-order chi connectivity index (χ1) is 24.2. The van der Waals surface area contributed by atoms with Crippen molar-refractivity contribution in [2.75, 3.05) is 37.6 Å². The molecule has 0 radical (unpaired) electrons. The third-order valence-electron chi connectivity index (χ3n) is 9.66. The molecule has 13 nitrogen and oxygen atoms in total. The molecule has 1 aliphatic carbocycles. The summed E-state index contributed by atoms with van der Waals surface area (Å²) in [5.74, 6) is -0.376. The van der Waals surface area contributed by atoms with Crippen LogP contribution in [0.3, 0.4) is 0 Å². The molecule has 1 fully saturated rings. The smallest absolute Gasteiger partial charge is 0.269 e. The lowest BCUT2D eigenvalue weighted by molar-refractivity contribution is -0.130. The molecule has 0 aliphatic heterocycles. The Kier molecular flexibility index (Phi) is 14.3. The Bertz CT molecular complexity index is 1720. The van der Waals surface area contributed by atoms with Crippen molar-refractivity contribution in [3.8, 4) is 22.5 Å². The standard InChI is InChI=1S/C37H48N10O3.ClH/c1-4-46(5-2)21-20-40-35(48)33-19-18-31(24(3)41-33)27-10-6-25(7-11-27)22-32(39)37(50)47(36(49)29-12-8-26(23-38)9-13-29)30-16-14-28(15-17-30)34-42-44-45-43-34;/h6-7,10-11,14-19,26,29,32H,4-5,8-9,12-13,20-23,38-39H2,1-3H3,(H,40,48)(H,42,43,44,45);1H/t26-,29-,32-;/m0./s1. The van der Waals surface area contributed by atoms with Gasteiger partial charge in [0, 0.05) is 35.8 Å². The van der Waals surface area contributed by atoms with Crippen molar-refractivity contribution >= 4 is 35.8 Å². The minimum Gasteiger partial charge on any atom is -0.349 e. The summed E-state index contributed by atoms with van der Waals surface area (Å²) in [5.41, 5.74) is 17.4. The van der Waals surface area contributed by atoms with Crippen LogP contribution in [0.5, 0.6) is 0 Å². The Morgan fingerprint density at radius 3 is 2.20 bits per heavy atom. The molecule has 272 valence electrons. The molecule has 0 bridgehead atoms. The van der Waals surface area contributed by atoms with E-state index in [-0.39, 0.29) is 36.6 Å². The lowest BCUT2D eigenvalue weighted by Gasteiger charge is -2.32. The predicted octanol–water partition coefficient (Wildman–Crippen LogP) is 3.93. The largest absolute Gasteiger partial charge is 0.349 e. The van der Waals surface area contributed by atoms with Gasteiger partial charge in [-0.1, -0.05) is 44.2 Å². The summed E-state index contributed by atoms with van der Waals surface area (Å²) in [4.78, 5) is 48.7. The highest BCUT2D eigenvalue weighted by Gasteiger charge is 2.35. The molecule has 1 saturated carbocycles. The quantitative estimate of drug-likeness (QED) is 0.149. The average molecular weight is 717 g/mol. The summed E-state index contributed by atoms with van der Waals surface area (Å²) in [5, 5.41) is 17.0. The van der Waals surface area contributed by atoms with E-state index in [0.29, 0.717) is 54.6 Å². The topological polar surface area (TPSA) is 189 Å². The van der Waals surface area contributed by atoms with Crippen molar-refractivity contribution in [2.24, 2.45) is 23.3 Å². The van der Waals surface area contributed by atoms with Crippen LogP contribution in [0.2, 0.25) is 0 Å². The third kappa shape index (κ3) is 9.82. The summed E-state index contributed by atoms with van der Waals surface area (Å²) >= 11 is 0. The number of imide groups is 1. The Morgan fingerprint density at radius 1 is 0.941 bits per heavy atom. The van der Waals surface area contributed by atoms with Crippen LogP contribution >= 0.6 is 12.4 Å². The number of hydrogen-bond donors (Lipinski definition) is 4. The molecule has 4 aromatic rings. The molecule has 1 atom stereocenters. The van der Waals surface area contributed by atoms with Gasteiger partial charge in [0.15, 0.2) is 0 Å². The van der Waals surface area contributed by atoms with E-state index in [1.807, 2.05) is 37.3 Å². The second kappa shape index (κ2) is 18.6. The van der Waals surface area contributed by atoms with E-state index < -0.39 is 11.9 Å². The highest BCUT2D eigenvalue weighted by molar-refractivity contribution is 6.17. The van der Waals surface area contributed by atoms with Crippen LogP contribution in [0.1, 0.15) is 61.3 Å². The zero-order chi connectivity index (χ0) is 35.6. The highest BCUT2D eigenvalue weighted by Crippen LogP contribution is 2.32. The molecule has 2 aromatic carbocycles. The number of benzene rings is 2. The van der Waals surface area contributed by atoms with Crippen LogP contribution in [0.4, 0.5) is 5.69 Å². The van der Waals surface area contributed by atoms with Gasteiger partial charge in [0.05, 0.1) is 11.7 Å². The normalized spacial score (nSPS) is 16.3. The van der Waals surface area contributed by atoms with Crippen LogP contribution in [0.15, 0.2) is 60.7 Å². The van der Waals surface area contributed by atoms with Gasteiger partial charge in [-0.15, -0.1) is 22.6 Å². The first kappa shape index (κ1) is 39.2. The van der Waals surface area contributed by atoms with Gasteiger partial charge in [-0.2, -0.15) is 5.21 Å². The van der Waals surface area contributed by atoms with E-state index in [9.17, 15) is 14.4 Å². The lowest BCUT2D eigenvalue weighted by Crippen LogP contribution is -2.50. The number of carbonyl (C=O) groups excluding carboxylic acids is 3. The van der Waals surface area contributed by atoms with Crippen molar-refractivity contribution in [3.05, 3.63) is 77.6 Å². The summed E-state index contributed by atoms with van der Waals surface area (Å²) < 4.78 is 0. The van der Waals surface area contributed by atoms with Gasteiger partial charge < -0.3 is 21.7 Å². The zero-order valence-electron chi connectivity index (χ0n) is 29.5. The molecule has 51 heavy (non-hydrogen) atoms. The Labute approximate surface area is 305 Å². The third-order valence-corrected chi connectivity index (χ3v) is 9.66. The summed E-state index contributed by atoms with van der Waals surface area (Å²) in [6.07, 6.45) is 3.31. The lowest BCUT2D eigenvalue weighted by atomic mass is 9.81. The Morgan fingerprint density at radius 2 is 1.61 bits per heavy atom. The number of aryl methyl sites for hydroxylation is 1. The zero-order valence-corrected chi connectivity index (χ0v) is 30.4. The number of tetrazole rings is 1. The van der Waals surface area contributed by atoms with Crippen LogP contribution in [0.25, 0.3) is 22.5 Å². The fraction of sp³-hybridized carbons (Fsp3) is 0.432. The van der Waals surface area contributed by atoms with Gasteiger partial charge in [0.1, 0.15) is 5.69 Å². The van der Waals surface area contributed by atoms with Gasteiger partial charge in [-0.3, -0.25) is 14.4 Å². The number of aromatic nitrogens is 5. The predicted molar refractivity (Wildman–Crippen MR) is 200 cm³/mol. The van der Waals surface area contributed by atoms with Gasteiger partial charge in [-0.25, -0.2) is 9.88 Å². The molecule has 2 heterocycles. The molecule has 3 amide bonds. The number of amides is 3. The molecule has 0 unspecified atom stereocenters. The average Bonchev–Trinajstić information content (AvgIpc) is 3.69. The Hall–Kier alpha value is -4.56. The van der Waals surface area contributed by atoms with Crippen molar-refractivity contribution in [1.29, 1.82) is 0 Å². The van der Waals surface area contributed by atoms with E-state index in [2.05, 4.69) is 49.7 Å². The number of halogens is 1. The van der Waals surface area contributed by atoms with Crippen molar-refractivity contribution in [2.45, 2.75) is 58.9 Å². The van der Waals surface area contributed by atoms with Gasteiger partial charge in [0.2, 0.25) is 11.7 Å². The molecule has 6 N–H and O–H groups in total. The molecular weight excluding hydrogens is 668 g/mol. The number of nitrogens with one attached hydrogen (secondary N) is 2. The maximum atomic E-state index is 14.0. The van der Waals surface area contributed by atoms with Crippen LogP contribution in [0, 0.1) is 18.8 Å². The first-order valence-electron chi connectivity index (χ1n) is 17.5. The number of H-pyrrole nitrogens is 1. The van der Waals surface area contributed by atoms with E-state index in [1.54, 1.807) is 30.3 Å². The molecule has 2 aromatic heterocycles. The van der Waals surface area contributed by atoms with E-state index in [0.717, 1.165) is 54.9 Å². The number of hydrogen-bond acceptors (Lipinski definition) is 10. The van der Waals surface area contributed by atoms with Crippen LogP contribution in [-0.4, -0.2) is 87.0 Å². The minimum atomic E-state index is -0.954. The molecular formula is C37H49ClN10O3. The van der Waals surface area contributed by atoms with Crippen LogP contribution in [-0.2, 0) is 16.0 Å². The second-order valence-electron chi connectivity index (χ2n) is 12.9. The number of anilines is 1. The SMILES string of the molecule is CCN(CC)CCNC(=O)c1ccc(-c2ccc(C[C@H](N)C(=O)N(c3ccc(-c4nn[nH]n4)cc3)C(=O)[C@H]3CC[C@H](CN)CC3)cc2)c(C)n1.Cl. The fourth-order valence-corrected chi connectivity index (χ4v) is 6.51. The second-order valence-corrected chi connectivity index (χ2v) is 12.9. The monoisotopic (exact) mass is 716 g/mol. The van der Waals surface area contributed by atoms with Crippen molar-refractivity contribution in [1.82, 2.24) is 35.8 Å². The number of nitrogens with two attached hydrogens (primary N) is 2. The highest BCUT2D eigenvalue weighted by atomic mass is 35.5. The molecule has 5 rings (SSSR count). The summed E-state index contributed by atoms with van der Waals surface area (Å²) in [6, 6.07) is 17.4. The maximum Gasteiger partial charge on any atom is 0.269 e. The first-order valence-corrected chi connectivity index (χ1v) is 17.5. The minimum absolute atomic E-state index is 0. The van der Waals surface area contributed by atoms with Crippen molar-refractivity contribution in [3.63, 3.8) is 0 Å². The maximum absolute atomic E-state index is 14.0. The van der Waals surface area contributed by atoms with E-state index in [4.69, 9.17) is 11.5 Å². The molecule has 0 spiro atoms. The van der Waals surface area contributed by atoms with Gasteiger partial charge >= 0.3 is 0 Å². The Balaban J connectivity index is 0.00000583. The number of rotatable bonds is 14. The number of aromatic amines is 1. The van der Waals surface area contributed by atoms with Crippen LogP contribution < -0.4 is 21.7 Å². The van der Waals surface area contributed by atoms with Crippen molar-refractivity contribution < 1.29 is 14.4 Å². The van der Waals surface area contributed by atoms with E-state index >= 15 is 0 Å². The number of nitrogens with zero attached hydrogens (tertiary/aromatic N) is 6.